The van der Waals surface area contributed by atoms with E-state index in [1.165, 1.54) is 23.1 Å². The molecule has 1 aromatic heterocycles. The van der Waals surface area contributed by atoms with E-state index in [1.807, 2.05) is 38.1 Å². The highest BCUT2D eigenvalue weighted by atomic mass is 32.2. The fourth-order valence-corrected chi connectivity index (χ4v) is 2.82. The van der Waals surface area contributed by atoms with Crippen LogP contribution in [0.25, 0.3) is 10.2 Å². The number of hydrogen-bond acceptors (Lipinski definition) is 4. The number of para-hydroxylation sites is 1. The van der Waals surface area contributed by atoms with Gasteiger partial charge in [0.25, 0.3) is 0 Å². The quantitative estimate of drug-likeness (QED) is 0.853. The zero-order valence-corrected chi connectivity index (χ0v) is 10.8. The highest BCUT2D eigenvalue weighted by Gasteiger charge is 2.05. The molecule has 0 aliphatic rings. The molecule has 86 valence electrons. The van der Waals surface area contributed by atoms with Crippen LogP contribution in [0.3, 0.4) is 0 Å². The first-order valence-electron chi connectivity index (χ1n) is 4.96. The summed E-state index contributed by atoms with van der Waals surface area (Å²) in [5, 5.41) is 8.51. The molecule has 0 radical (unpaired) electrons. The topological polar surface area (TPSA) is 50.2 Å². The molecule has 0 unspecified atom stereocenters. The smallest absolute Gasteiger partial charge is 0.313 e. The van der Waals surface area contributed by atoms with Crippen LogP contribution in [0.2, 0.25) is 0 Å². The standard InChI is InChI=1S/C9H7NO2S2.C2H6/c11-8(12)5-13-9-10-6-3-1-2-4-7(6)14-9;1-2/h1-4H,5H2,(H,11,12);1-2H3. The van der Waals surface area contributed by atoms with Crippen LogP contribution in [0.15, 0.2) is 28.6 Å². The third-order valence-corrected chi connectivity index (χ3v) is 3.76. The average Bonchev–Trinajstić information content (AvgIpc) is 2.71. The molecule has 2 aromatic rings. The van der Waals surface area contributed by atoms with E-state index in [0.29, 0.717) is 0 Å². The van der Waals surface area contributed by atoms with Crippen molar-refractivity contribution in [1.82, 2.24) is 4.98 Å². The molecule has 1 heterocycles. The Labute approximate surface area is 103 Å². The summed E-state index contributed by atoms with van der Waals surface area (Å²) in [6.45, 7) is 4.00. The van der Waals surface area contributed by atoms with E-state index in [1.54, 1.807) is 0 Å². The van der Waals surface area contributed by atoms with Crippen molar-refractivity contribution in [3.05, 3.63) is 24.3 Å². The number of thioether (sulfide) groups is 1. The summed E-state index contributed by atoms with van der Waals surface area (Å²) in [6.07, 6.45) is 0. The second-order valence-electron chi connectivity index (χ2n) is 2.63. The zero-order valence-electron chi connectivity index (χ0n) is 9.14. The normalized spacial score (nSPS) is 9.62. The minimum atomic E-state index is -0.811. The molecule has 1 N–H and O–H groups in total. The van der Waals surface area contributed by atoms with Gasteiger partial charge in [0.15, 0.2) is 4.34 Å². The molecule has 0 aliphatic heterocycles. The van der Waals surface area contributed by atoms with E-state index in [2.05, 4.69) is 4.98 Å². The van der Waals surface area contributed by atoms with E-state index in [4.69, 9.17) is 5.11 Å². The van der Waals surface area contributed by atoms with Crippen molar-refractivity contribution in [1.29, 1.82) is 0 Å². The van der Waals surface area contributed by atoms with Gasteiger partial charge in [0.2, 0.25) is 0 Å². The first-order valence-corrected chi connectivity index (χ1v) is 6.76. The van der Waals surface area contributed by atoms with Gasteiger partial charge in [-0.25, -0.2) is 4.98 Å². The number of nitrogens with zero attached hydrogens (tertiary/aromatic N) is 1. The third-order valence-electron chi connectivity index (χ3n) is 1.59. The van der Waals surface area contributed by atoms with Crippen LogP contribution in [0.1, 0.15) is 13.8 Å². The molecule has 0 saturated carbocycles. The van der Waals surface area contributed by atoms with Gasteiger partial charge in [0.05, 0.1) is 16.0 Å². The van der Waals surface area contributed by atoms with Crippen molar-refractivity contribution < 1.29 is 9.90 Å². The predicted octanol–water partition coefficient (Wildman–Crippen LogP) is 3.50. The maximum Gasteiger partial charge on any atom is 0.313 e. The molecule has 0 spiro atoms. The van der Waals surface area contributed by atoms with E-state index in [9.17, 15) is 4.79 Å². The summed E-state index contributed by atoms with van der Waals surface area (Å²) in [5.41, 5.74) is 0.936. The predicted molar refractivity (Wildman–Crippen MR) is 69.3 cm³/mol. The molecule has 0 aliphatic carbocycles. The Morgan fingerprint density at radius 3 is 2.75 bits per heavy atom. The number of rotatable bonds is 3. The number of carboxylic acid groups (broad SMARTS) is 1. The Bertz CT molecular complexity index is 435. The molecular formula is C11H13NO2S2. The van der Waals surface area contributed by atoms with Gasteiger partial charge in [-0.1, -0.05) is 37.7 Å². The first-order chi connectivity index (χ1) is 7.75. The Hall–Kier alpha value is -1.07. The van der Waals surface area contributed by atoms with Crippen LogP contribution in [0, 0.1) is 0 Å². The van der Waals surface area contributed by atoms with Gasteiger partial charge >= 0.3 is 5.97 Å². The number of hydrogen-bond donors (Lipinski definition) is 1. The SMILES string of the molecule is CC.O=C(O)CSc1nc2ccccc2s1. The lowest BCUT2D eigenvalue weighted by atomic mass is 10.3. The Morgan fingerprint density at radius 2 is 2.12 bits per heavy atom. The van der Waals surface area contributed by atoms with E-state index < -0.39 is 5.97 Å². The fourth-order valence-electron chi connectivity index (χ4n) is 1.04. The number of aromatic nitrogens is 1. The largest absolute Gasteiger partial charge is 0.481 e. The van der Waals surface area contributed by atoms with Gasteiger partial charge in [0, 0.05) is 0 Å². The molecule has 1 aromatic carbocycles. The first kappa shape index (κ1) is 13.0. The molecule has 0 fully saturated rings. The zero-order chi connectivity index (χ0) is 12.0. The molecule has 0 amide bonds. The Balaban J connectivity index is 0.000000606. The van der Waals surface area contributed by atoms with E-state index in [-0.39, 0.29) is 5.75 Å². The van der Waals surface area contributed by atoms with Crippen LogP contribution in [0.4, 0.5) is 0 Å². The van der Waals surface area contributed by atoms with Crippen LogP contribution in [0.5, 0.6) is 0 Å². The summed E-state index contributed by atoms with van der Waals surface area (Å²) in [5.74, 6) is -0.742. The Kier molecular flexibility index (Phi) is 5.28. The molecule has 0 bridgehead atoms. The van der Waals surface area contributed by atoms with Gasteiger partial charge < -0.3 is 5.11 Å². The molecule has 16 heavy (non-hydrogen) atoms. The minimum absolute atomic E-state index is 0.0693. The molecule has 0 atom stereocenters. The van der Waals surface area contributed by atoms with Gasteiger partial charge in [-0.15, -0.1) is 11.3 Å². The highest BCUT2D eigenvalue weighted by molar-refractivity contribution is 8.01. The van der Waals surface area contributed by atoms with Crippen LogP contribution < -0.4 is 0 Å². The van der Waals surface area contributed by atoms with Crippen molar-refractivity contribution in [2.24, 2.45) is 0 Å². The van der Waals surface area contributed by atoms with E-state index >= 15 is 0 Å². The molecule has 5 heteroatoms. The Morgan fingerprint density at radius 1 is 1.44 bits per heavy atom. The summed E-state index contributed by atoms with van der Waals surface area (Å²) in [4.78, 5) is 14.6. The van der Waals surface area contributed by atoms with Gasteiger partial charge in [-0.05, 0) is 12.1 Å². The summed E-state index contributed by atoms with van der Waals surface area (Å²) >= 11 is 2.79. The lowest BCUT2D eigenvalue weighted by molar-refractivity contribution is -0.133. The van der Waals surface area contributed by atoms with Crippen LogP contribution >= 0.6 is 23.1 Å². The van der Waals surface area contributed by atoms with Gasteiger partial charge in [-0.2, -0.15) is 0 Å². The monoisotopic (exact) mass is 255 g/mol. The number of carbonyl (C=O) groups is 1. The molecular weight excluding hydrogens is 242 g/mol. The second-order valence-corrected chi connectivity index (χ2v) is 4.88. The average molecular weight is 255 g/mol. The maximum atomic E-state index is 10.3. The van der Waals surface area contributed by atoms with Crippen LogP contribution in [-0.2, 0) is 4.79 Å². The lowest BCUT2D eigenvalue weighted by Gasteiger charge is -1.88. The highest BCUT2D eigenvalue weighted by Crippen LogP contribution is 2.28. The van der Waals surface area contributed by atoms with Crippen molar-refractivity contribution in [2.45, 2.75) is 18.2 Å². The number of carboxylic acids is 1. The van der Waals surface area contributed by atoms with E-state index in [0.717, 1.165) is 14.6 Å². The molecule has 2 rings (SSSR count). The minimum Gasteiger partial charge on any atom is -0.481 e. The van der Waals surface area contributed by atoms with Crippen molar-refractivity contribution in [3.8, 4) is 0 Å². The number of aliphatic carboxylic acids is 1. The number of fused-ring (bicyclic) bond motifs is 1. The van der Waals surface area contributed by atoms with Crippen molar-refractivity contribution in [2.75, 3.05) is 5.75 Å². The van der Waals surface area contributed by atoms with Crippen molar-refractivity contribution in [3.63, 3.8) is 0 Å². The van der Waals surface area contributed by atoms with Crippen LogP contribution in [-0.4, -0.2) is 21.8 Å². The number of benzene rings is 1. The summed E-state index contributed by atoms with van der Waals surface area (Å²) in [7, 11) is 0. The second kappa shape index (κ2) is 6.50. The summed E-state index contributed by atoms with van der Waals surface area (Å²) < 4.78 is 1.91. The number of thiazole rings is 1. The molecule has 3 nitrogen and oxygen atoms in total. The third kappa shape index (κ3) is 3.50. The van der Waals surface area contributed by atoms with Gasteiger partial charge in [0.1, 0.15) is 0 Å². The maximum absolute atomic E-state index is 10.3. The summed E-state index contributed by atoms with van der Waals surface area (Å²) in [6, 6.07) is 7.79. The van der Waals surface area contributed by atoms with Gasteiger partial charge in [-0.3, -0.25) is 4.79 Å². The molecule has 0 saturated heterocycles. The fraction of sp³-hybridized carbons (Fsp3) is 0.273. The lowest BCUT2D eigenvalue weighted by Crippen LogP contribution is -1.96. The van der Waals surface area contributed by atoms with Crippen molar-refractivity contribution >= 4 is 39.3 Å².